The van der Waals surface area contributed by atoms with Gasteiger partial charge in [0.25, 0.3) is 5.91 Å². The van der Waals surface area contributed by atoms with Gasteiger partial charge in [-0.3, -0.25) is 14.6 Å². The molecular weight excluding hydrogens is 292 g/mol. The Bertz CT molecular complexity index is 726. The first-order valence-corrected chi connectivity index (χ1v) is 7.15. The molecular formula is C17H18N4O2. The molecule has 6 heteroatoms. The molecule has 2 amide bonds. The van der Waals surface area contributed by atoms with Crippen molar-refractivity contribution in [1.82, 2.24) is 10.4 Å². The van der Waals surface area contributed by atoms with Gasteiger partial charge >= 0.3 is 0 Å². The Morgan fingerprint density at radius 3 is 2.52 bits per heavy atom. The number of benzene rings is 1. The summed E-state index contributed by atoms with van der Waals surface area (Å²) in [6.45, 7) is 3.61. The van der Waals surface area contributed by atoms with Crippen molar-refractivity contribution in [3.8, 4) is 0 Å². The zero-order valence-corrected chi connectivity index (χ0v) is 13.0. The number of para-hydroxylation sites is 1. The van der Waals surface area contributed by atoms with Crippen LogP contribution in [0.5, 0.6) is 0 Å². The van der Waals surface area contributed by atoms with Crippen LogP contribution in [0.25, 0.3) is 0 Å². The van der Waals surface area contributed by atoms with E-state index in [1.807, 2.05) is 31.2 Å². The first-order valence-electron chi connectivity index (χ1n) is 7.15. The number of nitrogens with one attached hydrogen (secondary N) is 2. The van der Waals surface area contributed by atoms with Crippen molar-refractivity contribution in [1.29, 1.82) is 0 Å². The molecule has 1 heterocycles. The summed E-state index contributed by atoms with van der Waals surface area (Å²) in [5.41, 5.74) is 5.15. The zero-order valence-electron chi connectivity index (χ0n) is 13.0. The van der Waals surface area contributed by atoms with E-state index in [4.69, 9.17) is 0 Å². The predicted octanol–water partition coefficient (Wildman–Crippen LogP) is 2.52. The fourth-order valence-corrected chi connectivity index (χ4v) is 1.89. The summed E-state index contributed by atoms with van der Waals surface area (Å²) < 4.78 is 0. The summed E-state index contributed by atoms with van der Waals surface area (Å²) in [4.78, 5) is 27.6. The van der Waals surface area contributed by atoms with Gasteiger partial charge in [-0.05, 0) is 37.6 Å². The highest BCUT2D eigenvalue weighted by molar-refractivity contribution is 6.06. The summed E-state index contributed by atoms with van der Waals surface area (Å²) in [7, 11) is 0. The molecule has 0 spiro atoms. The molecule has 23 heavy (non-hydrogen) atoms. The molecule has 0 aliphatic rings. The minimum absolute atomic E-state index is 0.102. The quantitative estimate of drug-likeness (QED) is 0.657. The van der Waals surface area contributed by atoms with E-state index in [1.54, 1.807) is 19.1 Å². The highest BCUT2D eigenvalue weighted by atomic mass is 16.2. The van der Waals surface area contributed by atoms with Crippen LogP contribution in [0.15, 0.2) is 53.9 Å². The van der Waals surface area contributed by atoms with Gasteiger partial charge in [-0.25, -0.2) is 5.43 Å². The fraction of sp³-hybridized carbons (Fsp3) is 0.176. The largest absolute Gasteiger partial charge is 0.326 e. The minimum atomic E-state index is -0.342. The Morgan fingerprint density at radius 2 is 1.83 bits per heavy atom. The fourth-order valence-electron chi connectivity index (χ4n) is 1.89. The molecule has 0 aliphatic carbocycles. The second-order valence-corrected chi connectivity index (χ2v) is 5.06. The SMILES string of the molecule is C/C(CC(=O)Nc1ccccc1C)=N/NC(=O)c1ccncc1. The van der Waals surface area contributed by atoms with E-state index in [0.29, 0.717) is 11.3 Å². The topological polar surface area (TPSA) is 83.5 Å². The van der Waals surface area contributed by atoms with Crippen LogP contribution >= 0.6 is 0 Å². The van der Waals surface area contributed by atoms with Gasteiger partial charge in [-0.1, -0.05) is 18.2 Å². The number of aromatic nitrogens is 1. The van der Waals surface area contributed by atoms with Gasteiger partial charge in [0.05, 0.1) is 6.42 Å². The Kier molecular flexibility index (Phi) is 5.57. The van der Waals surface area contributed by atoms with Gasteiger partial charge < -0.3 is 5.32 Å². The number of nitrogens with zero attached hydrogens (tertiary/aromatic N) is 2. The lowest BCUT2D eigenvalue weighted by atomic mass is 10.2. The summed E-state index contributed by atoms with van der Waals surface area (Å²) in [6.07, 6.45) is 3.16. The van der Waals surface area contributed by atoms with Crippen molar-refractivity contribution in [2.45, 2.75) is 20.3 Å². The molecule has 0 bridgehead atoms. The van der Waals surface area contributed by atoms with Crippen molar-refractivity contribution in [2.75, 3.05) is 5.32 Å². The number of anilines is 1. The van der Waals surface area contributed by atoms with Gasteiger partial charge in [0.1, 0.15) is 0 Å². The standard InChI is InChI=1S/C17H18N4O2/c1-12-5-3-4-6-15(12)19-16(22)11-13(2)20-21-17(23)14-7-9-18-10-8-14/h3-10H,11H2,1-2H3,(H,19,22)(H,21,23)/b20-13-. The molecule has 6 nitrogen and oxygen atoms in total. The summed E-state index contributed by atoms with van der Waals surface area (Å²) >= 11 is 0. The number of pyridine rings is 1. The first-order chi connectivity index (χ1) is 11.1. The molecule has 0 unspecified atom stereocenters. The van der Waals surface area contributed by atoms with E-state index >= 15 is 0 Å². The molecule has 1 aromatic carbocycles. The molecule has 0 saturated heterocycles. The van der Waals surface area contributed by atoms with Gasteiger partial charge in [-0.15, -0.1) is 0 Å². The van der Waals surface area contributed by atoms with Crippen LogP contribution in [0.2, 0.25) is 0 Å². The Balaban J connectivity index is 1.88. The van der Waals surface area contributed by atoms with Crippen molar-refractivity contribution in [2.24, 2.45) is 5.10 Å². The van der Waals surface area contributed by atoms with Crippen LogP contribution in [-0.4, -0.2) is 22.5 Å². The molecule has 0 fully saturated rings. The van der Waals surface area contributed by atoms with E-state index in [1.165, 1.54) is 12.4 Å². The van der Waals surface area contributed by atoms with Crippen molar-refractivity contribution >= 4 is 23.2 Å². The second kappa shape index (κ2) is 7.84. The number of hydrogen-bond acceptors (Lipinski definition) is 4. The van der Waals surface area contributed by atoms with Crippen LogP contribution in [0.1, 0.15) is 29.3 Å². The number of hydrogen-bond donors (Lipinski definition) is 2. The van der Waals surface area contributed by atoms with Crippen molar-refractivity contribution in [3.05, 3.63) is 59.9 Å². The monoisotopic (exact) mass is 310 g/mol. The number of amides is 2. The Morgan fingerprint density at radius 1 is 1.13 bits per heavy atom. The molecule has 2 rings (SSSR count). The maximum atomic E-state index is 12.0. The van der Waals surface area contributed by atoms with Crippen LogP contribution in [0.4, 0.5) is 5.69 Å². The van der Waals surface area contributed by atoms with Gasteiger partial charge in [0, 0.05) is 29.4 Å². The van der Waals surface area contributed by atoms with Crippen LogP contribution < -0.4 is 10.7 Å². The number of carbonyl (C=O) groups excluding carboxylic acids is 2. The van der Waals surface area contributed by atoms with Crippen LogP contribution in [0, 0.1) is 6.92 Å². The number of hydrazone groups is 1. The van der Waals surface area contributed by atoms with E-state index in [0.717, 1.165) is 11.3 Å². The van der Waals surface area contributed by atoms with E-state index in [2.05, 4.69) is 20.8 Å². The van der Waals surface area contributed by atoms with Gasteiger partial charge in [0.2, 0.25) is 5.91 Å². The van der Waals surface area contributed by atoms with Crippen LogP contribution in [0.3, 0.4) is 0 Å². The third-order valence-electron chi connectivity index (χ3n) is 3.13. The lowest BCUT2D eigenvalue weighted by Gasteiger charge is -2.08. The zero-order chi connectivity index (χ0) is 16.7. The van der Waals surface area contributed by atoms with E-state index in [9.17, 15) is 9.59 Å². The third-order valence-corrected chi connectivity index (χ3v) is 3.13. The van der Waals surface area contributed by atoms with Gasteiger partial charge in [-0.2, -0.15) is 5.10 Å². The lowest BCUT2D eigenvalue weighted by molar-refractivity contribution is -0.115. The lowest BCUT2D eigenvalue weighted by Crippen LogP contribution is -2.21. The Hall–Kier alpha value is -3.02. The molecule has 118 valence electrons. The third kappa shape index (κ3) is 5.03. The average Bonchev–Trinajstić information content (AvgIpc) is 2.55. The number of aryl methyl sites for hydroxylation is 1. The first kappa shape index (κ1) is 16.4. The van der Waals surface area contributed by atoms with Crippen molar-refractivity contribution in [3.63, 3.8) is 0 Å². The van der Waals surface area contributed by atoms with Crippen molar-refractivity contribution < 1.29 is 9.59 Å². The van der Waals surface area contributed by atoms with E-state index < -0.39 is 0 Å². The summed E-state index contributed by atoms with van der Waals surface area (Å²) in [5, 5.41) is 6.76. The second-order valence-electron chi connectivity index (χ2n) is 5.06. The Labute approximate surface area is 134 Å². The maximum absolute atomic E-state index is 12.0. The van der Waals surface area contributed by atoms with E-state index in [-0.39, 0.29) is 18.2 Å². The molecule has 0 aliphatic heterocycles. The van der Waals surface area contributed by atoms with Gasteiger partial charge in [0.15, 0.2) is 0 Å². The highest BCUT2D eigenvalue weighted by Gasteiger charge is 2.07. The molecule has 2 N–H and O–H groups in total. The smallest absolute Gasteiger partial charge is 0.271 e. The normalized spacial score (nSPS) is 11.0. The number of carbonyl (C=O) groups is 2. The van der Waals surface area contributed by atoms with Crippen LogP contribution in [-0.2, 0) is 4.79 Å². The highest BCUT2D eigenvalue weighted by Crippen LogP contribution is 2.13. The molecule has 1 aromatic heterocycles. The molecule has 2 aromatic rings. The maximum Gasteiger partial charge on any atom is 0.271 e. The predicted molar refractivity (Wildman–Crippen MR) is 89.2 cm³/mol. The average molecular weight is 310 g/mol. The summed E-state index contributed by atoms with van der Waals surface area (Å²) in [5.74, 6) is -0.523. The number of rotatable bonds is 5. The molecule has 0 atom stereocenters. The summed E-state index contributed by atoms with van der Waals surface area (Å²) in [6, 6.07) is 10.7. The molecule has 0 saturated carbocycles. The molecule has 0 radical (unpaired) electrons. The minimum Gasteiger partial charge on any atom is -0.326 e.